The Morgan fingerprint density at radius 3 is 2.40 bits per heavy atom. The molecule has 0 fully saturated rings. The van der Waals surface area contributed by atoms with Crippen LogP contribution >= 0.6 is 0 Å². The molecule has 0 saturated carbocycles. The van der Waals surface area contributed by atoms with Crippen LogP contribution < -0.4 is 0 Å². The number of halogens is 1. The highest BCUT2D eigenvalue weighted by molar-refractivity contribution is 5.72. The molecule has 2 aromatic rings. The van der Waals surface area contributed by atoms with E-state index in [-0.39, 0.29) is 11.7 Å². The minimum Gasteiger partial charge on any atom is -0.360 e. The summed E-state index contributed by atoms with van der Waals surface area (Å²) in [4.78, 5) is 14.4. The van der Waals surface area contributed by atoms with E-state index < -0.39 is 0 Å². The van der Waals surface area contributed by atoms with Crippen molar-refractivity contribution in [3.8, 4) is 17.3 Å². The molecular formula is C15H16FN3O. The number of rotatable bonds is 1. The second kappa shape index (κ2) is 7.10. The zero-order valence-electron chi connectivity index (χ0n) is 11.6. The van der Waals surface area contributed by atoms with Crippen molar-refractivity contribution in [1.82, 2.24) is 9.88 Å². The highest BCUT2D eigenvalue weighted by Gasteiger charge is 2.05. The van der Waals surface area contributed by atoms with Crippen LogP contribution in [0.5, 0.6) is 0 Å². The van der Waals surface area contributed by atoms with Gasteiger partial charge in [0.2, 0.25) is 5.91 Å². The fourth-order valence-corrected chi connectivity index (χ4v) is 1.29. The van der Waals surface area contributed by atoms with Gasteiger partial charge in [-0.1, -0.05) is 12.1 Å². The van der Waals surface area contributed by atoms with E-state index in [1.165, 1.54) is 17.9 Å². The molecule has 1 aromatic heterocycles. The maximum absolute atomic E-state index is 13.3. The van der Waals surface area contributed by atoms with Crippen molar-refractivity contribution in [2.75, 3.05) is 14.1 Å². The van der Waals surface area contributed by atoms with Crippen molar-refractivity contribution in [1.29, 1.82) is 5.26 Å². The van der Waals surface area contributed by atoms with Gasteiger partial charge in [-0.15, -0.1) is 0 Å². The van der Waals surface area contributed by atoms with E-state index in [2.05, 4.69) is 4.98 Å². The molecule has 0 saturated heterocycles. The summed E-state index contributed by atoms with van der Waals surface area (Å²) in [5, 5.41) is 8.60. The minimum atomic E-state index is -0.293. The predicted molar refractivity (Wildman–Crippen MR) is 75.3 cm³/mol. The van der Waals surface area contributed by atoms with E-state index in [1.54, 1.807) is 44.6 Å². The van der Waals surface area contributed by atoms with Crippen LogP contribution in [0.3, 0.4) is 0 Å². The number of nitrogens with zero attached hydrogens (tertiary/aromatic N) is 2. The van der Waals surface area contributed by atoms with Gasteiger partial charge in [0.15, 0.2) is 0 Å². The molecule has 1 aromatic carbocycles. The Hall–Kier alpha value is -2.61. The van der Waals surface area contributed by atoms with Crippen LogP contribution in [0.4, 0.5) is 4.39 Å². The van der Waals surface area contributed by atoms with Crippen molar-refractivity contribution in [3.05, 3.63) is 47.9 Å². The summed E-state index contributed by atoms with van der Waals surface area (Å²) in [6.07, 6.45) is 1.56. The van der Waals surface area contributed by atoms with Crippen molar-refractivity contribution in [3.63, 3.8) is 0 Å². The number of aromatic amines is 1. The van der Waals surface area contributed by atoms with Crippen LogP contribution in [-0.2, 0) is 4.79 Å². The van der Waals surface area contributed by atoms with Crippen LogP contribution in [0.25, 0.3) is 11.3 Å². The molecule has 20 heavy (non-hydrogen) atoms. The molecule has 104 valence electrons. The second-order valence-electron chi connectivity index (χ2n) is 4.31. The summed E-state index contributed by atoms with van der Waals surface area (Å²) < 4.78 is 13.3. The lowest BCUT2D eigenvalue weighted by Crippen LogP contribution is -2.17. The number of hydrogen-bond acceptors (Lipinski definition) is 2. The van der Waals surface area contributed by atoms with Crippen LogP contribution in [0.15, 0.2) is 36.5 Å². The monoisotopic (exact) mass is 273 g/mol. The first-order valence-corrected chi connectivity index (χ1v) is 5.97. The molecule has 5 heteroatoms. The quantitative estimate of drug-likeness (QED) is 0.868. The van der Waals surface area contributed by atoms with E-state index in [4.69, 9.17) is 5.26 Å². The van der Waals surface area contributed by atoms with E-state index in [9.17, 15) is 9.18 Å². The average molecular weight is 273 g/mol. The summed E-state index contributed by atoms with van der Waals surface area (Å²) in [5.74, 6) is -0.200. The first-order valence-electron chi connectivity index (χ1n) is 5.97. The number of nitriles is 1. The Balaban J connectivity index is 0.000000286. The Bertz CT molecular complexity index is 626. The fourth-order valence-electron chi connectivity index (χ4n) is 1.29. The largest absolute Gasteiger partial charge is 0.360 e. The smallest absolute Gasteiger partial charge is 0.218 e. The molecule has 2 rings (SSSR count). The van der Waals surface area contributed by atoms with Gasteiger partial charge in [-0.25, -0.2) is 4.39 Å². The van der Waals surface area contributed by atoms with Crippen molar-refractivity contribution >= 4 is 5.91 Å². The predicted octanol–water partition coefficient (Wildman–Crippen LogP) is 2.79. The maximum Gasteiger partial charge on any atom is 0.218 e. The number of carbonyl (C=O) groups is 1. The van der Waals surface area contributed by atoms with Crippen LogP contribution in [0.2, 0.25) is 0 Å². The summed E-state index contributed by atoms with van der Waals surface area (Å²) in [7, 11) is 3.45. The molecule has 1 heterocycles. The van der Waals surface area contributed by atoms with E-state index >= 15 is 0 Å². The van der Waals surface area contributed by atoms with Crippen molar-refractivity contribution in [2.45, 2.75) is 6.92 Å². The number of aromatic nitrogens is 1. The standard InChI is InChI=1S/C11H7FN2.C4H9NO/c12-10-4-2-1-3-9(10)11-5-8(6-13)7-14-11;1-4(6)5(2)3/h1-5,7,14H;1-3H3. The fraction of sp³-hybridized carbons (Fsp3) is 0.200. The summed E-state index contributed by atoms with van der Waals surface area (Å²) in [5.41, 5.74) is 1.61. The van der Waals surface area contributed by atoms with Gasteiger partial charge >= 0.3 is 0 Å². The van der Waals surface area contributed by atoms with Gasteiger partial charge in [0.1, 0.15) is 11.9 Å². The van der Waals surface area contributed by atoms with E-state index in [1.807, 2.05) is 6.07 Å². The molecular weight excluding hydrogens is 257 g/mol. The third-order valence-electron chi connectivity index (χ3n) is 2.61. The number of hydrogen-bond donors (Lipinski definition) is 1. The summed E-state index contributed by atoms with van der Waals surface area (Å²) in [6.45, 7) is 1.53. The zero-order valence-corrected chi connectivity index (χ0v) is 11.6. The van der Waals surface area contributed by atoms with Crippen LogP contribution in [0, 0.1) is 17.1 Å². The lowest BCUT2D eigenvalue weighted by atomic mass is 10.1. The zero-order chi connectivity index (χ0) is 15.1. The minimum absolute atomic E-state index is 0.0926. The molecule has 1 amide bonds. The lowest BCUT2D eigenvalue weighted by molar-refractivity contribution is -0.126. The van der Waals surface area contributed by atoms with Crippen molar-refractivity contribution < 1.29 is 9.18 Å². The number of benzene rings is 1. The third kappa shape index (κ3) is 4.25. The van der Waals surface area contributed by atoms with Gasteiger partial charge in [0, 0.05) is 38.5 Å². The Labute approximate surface area is 117 Å². The molecule has 0 bridgehead atoms. The molecule has 4 nitrogen and oxygen atoms in total. The Morgan fingerprint density at radius 2 is 1.95 bits per heavy atom. The number of nitrogens with one attached hydrogen (secondary N) is 1. The highest BCUT2D eigenvalue weighted by atomic mass is 19.1. The molecule has 0 aliphatic rings. The first-order chi connectivity index (χ1) is 9.45. The van der Waals surface area contributed by atoms with E-state index in [0.29, 0.717) is 16.8 Å². The van der Waals surface area contributed by atoms with Gasteiger partial charge in [-0.05, 0) is 18.2 Å². The number of amides is 1. The van der Waals surface area contributed by atoms with Gasteiger partial charge in [0.05, 0.1) is 5.56 Å². The van der Waals surface area contributed by atoms with Crippen LogP contribution in [0.1, 0.15) is 12.5 Å². The summed E-state index contributed by atoms with van der Waals surface area (Å²) in [6, 6.07) is 10.1. The normalized spacial score (nSPS) is 9.15. The van der Waals surface area contributed by atoms with Crippen LogP contribution in [-0.4, -0.2) is 29.9 Å². The van der Waals surface area contributed by atoms with Gasteiger partial charge in [-0.3, -0.25) is 4.79 Å². The lowest BCUT2D eigenvalue weighted by Gasteiger charge is -2.02. The Kier molecular flexibility index (Phi) is 5.48. The van der Waals surface area contributed by atoms with E-state index in [0.717, 1.165) is 0 Å². The van der Waals surface area contributed by atoms with Crippen molar-refractivity contribution in [2.24, 2.45) is 0 Å². The average Bonchev–Trinajstić information content (AvgIpc) is 2.88. The molecule has 0 aliphatic heterocycles. The Morgan fingerprint density at radius 1 is 1.35 bits per heavy atom. The molecule has 1 N–H and O–H groups in total. The van der Waals surface area contributed by atoms with Gasteiger partial charge in [-0.2, -0.15) is 5.26 Å². The molecule has 0 aliphatic carbocycles. The first kappa shape index (κ1) is 15.4. The highest BCUT2D eigenvalue weighted by Crippen LogP contribution is 2.21. The third-order valence-corrected chi connectivity index (χ3v) is 2.61. The molecule has 0 unspecified atom stereocenters. The number of carbonyl (C=O) groups excluding carboxylic acids is 1. The van der Waals surface area contributed by atoms with Gasteiger partial charge in [0.25, 0.3) is 0 Å². The number of H-pyrrole nitrogens is 1. The SMILES string of the molecule is CC(=O)N(C)C.N#Cc1c[nH]c(-c2ccccc2F)c1. The maximum atomic E-state index is 13.3. The molecule has 0 atom stereocenters. The molecule has 0 radical (unpaired) electrons. The second-order valence-corrected chi connectivity index (χ2v) is 4.31. The topological polar surface area (TPSA) is 59.9 Å². The summed E-state index contributed by atoms with van der Waals surface area (Å²) >= 11 is 0. The molecule has 0 spiro atoms. The van der Waals surface area contributed by atoms with Gasteiger partial charge < -0.3 is 9.88 Å².